The predicted molar refractivity (Wildman–Crippen MR) is 91.4 cm³/mol. The first-order valence-electron chi connectivity index (χ1n) is 8.15. The highest BCUT2D eigenvalue weighted by Gasteiger charge is 2.25. The van der Waals surface area contributed by atoms with Gasteiger partial charge in [0.1, 0.15) is 12.1 Å². The summed E-state index contributed by atoms with van der Waals surface area (Å²) in [6, 6.07) is 9.27. The lowest BCUT2D eigenvalue weighted by Crippen LogP contribution is -2.52. The lowest BCUT2D eigenvalue weighted by atomic mass is 10.0. The van der Waals surface area contributed by atoms with Gasteiger partial charge in [-0.2, -0.15) is 5.26 Å². The van der Waals surface area contributed by atoms with E-state index in [0.717, 1.165) is 5.56 Å². The first-order valence-corrected chi connectivity index (χ1v) is 8.15. The molecule has 7 nitrogen and oxygen atoms in total. The number of carboxylic acid groups (broad SMARTS) is 1. The van der Waals surface area contributed by atoms with Gasteiger partial charge < -0.3 is 15.7 Å². The van der Waals surface area contributed by atoms with Gasteiger partial charge in [0.25, 0.3) is 0 Å². The van der Waals surface area contributed by atoms with Crippen molar-refractivity contribution < 1.29 is 19.5 Å². The number of carbonyl (C=O) groups is 3. The molecule has 0 heterocycles. The molecule has 0 spiro atoms. The highest BCUT2D eigenvalue weighted by atomic mass is 16.4. The van der Waals surface area contributed by atoms with Crippen molar-refractivity contribution in [3.8, 4) is 6.07 Å². The second-order valence-corrected chi connectivity index (χ2v) is 5.75. The highest BCUT2D eigenvalue weighted by molar-refractivity contribution is 5.90. The summed E-state index contributed by atoms with van der Waals surface area (Å²) in [4.78, 5) is 35.2. The third kappa shape index (κ3) is 7.97. The molecular formula is C18H23N3O4. The molecule has 0 bridgehead atoms. The Hall–Kier alpha value is -2.88. The Morgan fingerprint density at radius 1 is 1.12 bits per heavy atom. The van der Waals surface area contributed by atoms with Crippen LogP contribution in [0.4, 0.5) is 0 Å². The highest BCUT2D eigenvalue weighted by Crippen LogP contribution is 2.07. The van der Waals surface area contributed by atoms with Crippen LogP contribution >= 0.6 is 0 Å². The van der Waals surface area contributed by atoms with Crippen LogP contribution in [0, 0.1) is 11.3 Å². The first kappa shape index (κ1) is 20.2. The van der Waals surface area contributed by atoms with Crippen LogP contribution < -0.4 is 10.6 Å². The minimum Gasteiger partial charge on any atom is -0.480 e. The molecular weight excluding hydrogens is 322 g/mol. The molecule has 0 aliphatic heterocycles. The zero-order valence-corrected chi connectivity index (χ0v) is 14.2. The van der Waals surface area contributed by atoms with E-state index in [1.54, 1.807) is 0 Å². The molecule has 2 amide bonds. The van der Waals surface area contributed by atoms with Gasteiger partial charge in [-0.3, -0.25) is 9.59 Å². The molecule has 3 N–H and O–H groups in total. The average Bonchev–Trinajstić information content (AvgIpc) is 2.57. The molecule has 0 unspecified atom stereocenters. The third-order valence-electron chi connectivity index (χ3n) is 3.62. The molecule has 0 aromatic heterocycles. The van der Waals surface area contributed by atoms with E-state index >= 15 is 0 Å². The second-order valence-electron chi connectivity index (χ2n) is 5.75. The fourth-order valence-corrected chi connectivity index (χ4v) is 2.39. The van der Waals surface area contributed by atoms with Crippen LogP contribution in [0.15, 0.2) is 30.3 Å². The lowest BCUT2D eigenvalue weighted by Gasteiger charge is -2.21. The average molecular weight is 345 g/mol. The van der Waals surface area contributed by atoms with Crippen molar-refractivity contribution in [3.63, 3.8) is 0 Å². The molecule has 0 aliphatic carbocycles. The van der Waals surface area contributed by atoms with Gasteiger partial charge in [-0.25, -0.2) is 4.79 Å². The van der Waals surface area contributed by atoms with E-state index in [0.29, 0.717) is 19.3 Å². The van der Waals surface area contributed by atoms with Crippen LogP contribution in [0.5, 0.6) is 0 Å². The number of amides is 2. The van der Waals surface area contributed by atoms with Crippen molar-refractivity contribution in [1.29, 1.82) is 5.26 Å². The van der Waals surface area contributed by atoms with Crippen LogP contribution in [0.1, 0.15) is 38.2 Å². The van der Waals surface area contributed by atoms with Crippen LogP contribution in [0.25, 0.3) is 0 Å². The standard InChI is InChI=1S/C18H23N3O4/c1-13(22)20-16(12-14-8-4-2-5-9-14)17(23)21-15(18(24)25)10-6-3-7-11-19/h2,4-5,8-9,15-16H,3,6-7,10,12H2,1H3,(H,20,22)(H,21,23)(H,24,25)/t15-,16+/m0/s1. The van der Waals surface area contributed by atoms with Crippen LogP contribution in [-0.4, -0.2) is 35.0 Å². The summed E-state index contributed by atoms with van der Waals surface area (Å²) in [5.74, 6) is -2.03. The minimum atomic E-state index is -1.13. The largest absolute Gasteiger partial charge is 0.480 e. The number of unbranched alkanes of at least 4 members (excludes halogenated alkanes) is 2. The molecule has 1 rings (SSSR count). The Balaban J connectivity index is 2.72. The number of benzene rings is 1. The first-order chi connectivity index (χ1) is 11.9. The summed E-state index contributed by atoms with van der Waals surface area (Å²) in [6.45, 7) is 1.31. The lowest BCUT2D eigenvalue weighted by molar-refractivity contribution is -0.142. The van der Waals surface area contributed by atoms with Gasteiger partial charge in [0, 0.05) is 19.8 Å². The van der Waals surface area contributed by atoms with Crippen LogP contribution in [0.2, 0.25) is 0 Å². The number of carboxylic acids is 1. The topological polar surface area (TPSA) is 119 Å². The molecule has 2 atom stereocenters. The van der Waals surface area contributed by atoms with E-state index in [9.17, 15) is 19.5 Å². The fraction of sp³-hybridized carbons (Fsp3) is 0.444. The maximum atomic E-state index is 12.4. The molecule has 0 radical (unpaired) electrons. The monoisotopic (exact) mass is 345 g/mol. The van der Waals surface area contributed by atoms with Gasteiger partial charge in [0.15, 0.2) is 0 Å². The van der Waals surface area contributed by atoms with E-state index in [2.05, 4.69) is 10.6 Å². The van der Waals surface area contributed by atoms with E-state index in [-0.39, 0.29) is 18.7 Å². The summed E-state index contributed by atoms with van der Waals surface area (Å²) in [5, 5.41) is 22.8. The SMILES string of the molecule is CC(=O)N[C@H](Cc1ccccc1)C(=O)N[C@@H](CCCCC#N)C(=O)O. The van der Waals surface area contributed by atoms with Gasteiger partial charge in [0.05, 0.1) is 6.07 Å². The molecule has 0 saturated heterocycles. The van der Waals surface area contributed by atoms with E-state index in [4.69, 9.17) is 5.26 Å². The van der Waals surface area contributed by atoms with Gasteiger partial charge in [-0.1, -0.05) is 30.3 Å². The number of nitriles is 1. The van der Waals surface area contributed by atoms with Gasteiger partial charge in [-0.15, -0.1) is 0 Å². The molecule has 1 aromatic carbocycles. The maximum Gasteiger partial charge on any atom is 0.326 e. The summed E-state index contributed by atoms with van der Waals surface area (Å²) >= 11 is 0. The summed E-state index contributed by atoms with van der Waals surface area (Å²) in [6.07, 6.45) is 1.96. The molecule has 0 fully saturated rings. The van der Waals surface area contributed by atoms with Gasteiger partial charge in [-0.05, 0) is 24.8 Å². The van der Waals surface area contributed by atoms with E-state index in [1.165, 1.54) is 6.92 Å². The molecule has 25 heavy (non-hydrogen) atoms. The van der Waals surface area contributed by atoms with Crippen LogP contribution in [0.3, 0.4) is 0 Å². The molecule has 1 aromatic rings. The number of hydrogen-bond donors (Lipinski definition) is 3. The van der Waals surface area contributed by atoms with Crippen molar-refractivity contribution in [3.05, 3.63) is 35.9 Å². The summed E-state index contributed by atoms with van der Waals surface area (Å²) in [5.41, 5.74) is 0.859. The number of rotatable bonds is 10. The van der Waals surface area contributed by atoms with E-state index < -0.39 is 24.0 Å². The van der Waals surface area contributed by atoms with Crippen molar-refractivity contribution in [1.82, 2.24) is 10.6 Å². The third-order valence-corrected chi connectivity index (χ3v) is 3.62. The van der Waals surface area contributed by atoms with E-state index in [1.807, 2.05) is 36.4 Å². The number of nitrogens with one attached hydrogen (secondary N) is 2. The van der Waals surface area contributed by atoms with Crippen molar-refractivity contribution in [2.24, 2.45) is 0 Å². The van der Waals surface area contributed by atoms with Gasteiger partial charge in [0.2, 0.25) is 11.8 Å². The smallest absolute Gasteiger partial charge is 0.326 e. The van der Waals surface area contributed by atoms with Crippen molar-refractivity contribution >= 4 is 17.8 Å². The Morgan fingerprint density at radius 2 is 1.80 bits per heavy atom. The number of nitrogens with zero attached hydrogens (tertiary/aromatic N) is 1. The Kier molecular flexibility index (Phi) is 8.72. The predicted octanol–water partition coefficient (Wildman–Crippen LogP) is 1.39. The maximum absolute atomic E-state index is 12.4. The van der Waals surface area contributed by atoms with Crippen molar-refractivity contribution in [2.75, 3.05) is 0 Å². The fourth-order valence-electron chi connectivity index (χ4n) is 2.39. The van der Waals surface area contributed by atoms with Crippen LogP contribution in [-0.2, 0) is 20.8 Å². The number of aliphatic carboxylic acids is 1. The molecule has 7 heteroatoms. The quantitative estimate of drug-likeness (QED) is 0.554. The minimum absolute atomic E-state index is 0.237. The zero-order chi connectivity index (χ0) is 18.7. The number of hydrogen-bond acceptors (Lipinski definition) is 4. The Morgan fingerprint density at radius 3 is 2.36 bits per heavy atom. The summed E-state index contributed by atoms with van der Waals surface area (Å²) < 4.78 is 0. The second kappa shape index (κ2) is 10.8. The zero-order valence-electron chi connectivity index (χ0n) is 14.2. The summed E-state index contributed by atoms with van der Waals surface area (Å²) in [7, 11) is 0. The Bertz CT molecular complexity index is 625. The molecule has 134 valence electrons. The Labute approximate surface area is 147 Å². The normalized spacial score (nSPS) is 12.5. The molecule has 0 saturated carbocycles. The van der Waals surface area contributed by atoms with Gasteiger partial charge >= 0.3 is 5.97 Å². The molecule has 0 aliphatic rings. The number of carbonyl (C=O) groups excluding carboxylic acids is 2. The van der Waals surface area contributed by atoms with Crippen molar-refractivity contribution in [2.45, 2.75) is 51.1 Å².